The van der Waals surface area contributed by atoms with Crippen molar-refractivity contribution in [3.8, 4) is 5.75 Å². The first kappa shape index (κ1) is 17.5. The molecule has 0 heterocycles. The number of para-hydroxylation sites is 1. The maximum atomic E-state index is 11.9. The van der Waals surface area contributed by atoms with Crippen molar-refractivity contribution in [2.75, 3.05) is 6.61 Å². The van der Waals surface area contributed by atoms with Crippen LogP contribution >= 0.6 is 0 Å². The Morgan fingerprint density at radius 2 is 1.67 bits per heavy atom. The fraction of sp³-hybridized carbons (Fsp3) is 0.263. The molecule has 0 saturated carbocycles. The normalized spacial score (nSPS) is 11.4. The van der Waals surface area contributed by atoms with E-state index in [0.29, 0.717) is 17.2 Å². The van der Waals surface area contributed by atoms with E-state index in [-0.39, 0.29) is 12.5 Å². The number of hydrogen-bond donors (Lipinski definition) is 2. The molecule has 1 atom stereocenters. The van der Waals surface area contributed by atoms with Crippen LogP contribution in [0.3, 0.4) is 0 Å². The summed E-state index contributed by atoms with van der Waals surface area (Å²) >= 11 is 0. The van der Waals surface area contributed by atoms with Gasteiger partial charge in [0.15, 0.2) is 6.61 Å². The molecule has 5 heteroatoms. The number of benzene rings is 2. The maximum Gasteiger partial charge on any atom is 0.276 e. The molecule has 0 aliphatic heterocycles. The van der Waals surface area contributed by atoms with Gasteiger partial charge in [-0.3, -0.25) is 20.4 Å². The molecule has 2 aromatic rings. The zero-order chi connectivity index (χ0) is 17.4. The Balaban J connectivity index is 1.85. The molecule has 0 bridgehead atoms. The van der Waals surface area contributed by atoms with E-state index < -0.39 is 5.91 Å². The Hall–Kier alpha value is -2.82. The molecule has 1 unspecified atom stereocenters. The monoisotopic (exact) mass is 326 g/mol. The van der Waals surface area contributed by atoms with E-state index in [4.69, 9.17) is 4.74 Å². The summed E-state index contributed by atoms with van der Waals surface area (Å²) in [6.07, 6.45) is 0.986. The van der Waals surface area contributed by atoms with Crippen molar-refractivity contribution in [1.29, 1.82) is 0 Å². The molecule has 2 N–H and O–H groups in total. The lowest BCUT2D eigenvalue weighted by Crippen LogP contribution is -2.43. The second kappa shape index (κ2) is 8.72. The predicted molar refractivity (Wildman–Crippen MR) is 92.7 cm³/mol. The molecule has 24 heavy (non-hydrogen) atoms. The van der Waals surface area contributed by atoms with Gasteiger partial charge in [-0.05, 0) is 36.1 Å². The van der Waals surface area contributed by atoms with E-state index in [1.165, 1.54) is 0 Å². The molecule has 0 saturated heterocycles. The van der Waals surface area contributed by atoms with Crippen LogP contribution in [0.5, 0.6) is 5.75 Å². The SMILES string of the molecule is CCC(C)c1ccccc1OCC(=O)NNC(=O)c1ccccc1. The number of hydrogen-bond acceptors (Lipinski definition) is 3. The van der Waals surface area contributed by atoms with Crippen LogP contribution in [0, 0.1) is 0 Å². The predicted octanol–water partition coefficient (Wildman–Crippen LogP) is 3.04. The first-order valence-electron chi connectivity index (χ1n) is 7.97. The average molecular weight is 326 g/mol. The van der Waals surface area contributed by atoms with Crippen molar-refractivity contribution in [1.82, 2.24) is 10.9 Å². The minimum Gasteiger partial charge on any atom is -0.483 e. The van der Waals surface area contributed by atoms with Crippen LogP contribution in [0.25, 0.3) is 0 Å². The van der Waals surface area contributed by atoms with Gasteiger partial charge in [-0.15, -0.1) is 0 Å². The van der Waals surface area contributed by atoms with Crippen molar-refractivity contribution in [3.63, 3.8) is 0 Å². The highest BCUT2D eigenvalue weighted by Crippen LogP contribution is 2.28. The molecule has 5 nitrogen and oxygen atoms in total. The summed E-state index contributed by atoms with van der Waals surface area (Å²) in [7, 11) is 0. The molecule has 0 aliphatic carbocycles. The van der Waals surface area contributed by atoms with E-state index in [1.807, 2.05) is 30.3 Å². The van der Waals surface area contributed by atoms with Crippen LogP contribution in [-0.4, -0.2) is 18.4 Å². The minimum absolute atomic E-state index is 0.164. The Labute approximate surface area is 142 Å². The zero-order valence-electron chi connectivity index (χ0n) is 13.9. The van der Waals surface area contributed by atoms with Gasteiger partial charge in [0.05, 0.1) is 0 Å². The van der Waals surface area contributed by atoms with E-state index in [0.717, 1.165) is 12.0 Å². The summed E-state index contributed by atoms with van der Waals surface area (Å²) < 4.78 is 5.60. The molecule has 0 aromatic heterocycles. The number of rotatable bonds is 6. The van der Waals surface area contributed by atoms with Crippen LogP contribution in [0.4, 0.5) is 0 Å². The Morgan fingerprint density at radius 3 is 2.38 bits per heavy atom. The first-order chi connectivity index (χ1) is 11.6. The van der Waals surface area contributed by atoms with Gasteiger partial charge < -0.3 is 4.74 Å². The summed E-state index contributed by atoms with van der Waals surface area (Å²) in [6, 6.07) is 16.3. The van der Waals surface area contributed by atoms with Gasteiger partial charge in [0.2, 0.25) is 0 Å². The van der Waals surface area contributed by atoms with Crippen LogP contribution in [-0.2, 0) is 4.79 Å². The molecule has 2 amide bonds. The maximum absolute atomic E-state index is 11.9. The number of carbonyl (C=O) groups is 2. The molecule has 0 aliphatic rings. The Morgan fingerprint density at radius 1 is 1.00 bits per heavy atom. The number of ether oxygens (including phenoxy) is 1. The fourth-order valence-corrected chi connectivity index (χ4v) is 2.21. The van der Waals surface area contributed by atoms with Gasteiger partial charge >= 0.3 is 0 Å². The first-order valence-corrected chi connectivity index (χ1v) is 7.97. The summed E-state index contributed by atoms with van der Waals surface area (Å²) in [5.41, 5.74) is 6.26. The number of nitrogens with one attached hydrogen (secondary N) is 2. The van der Waals surface area contributed by atoms with E-state index >= 15 is 0 Å². The van der Waals surface area contributed by atoms with Gasteiger partial charge in [0, 0.05) is 5.56 Å². The van der Waals surface area contributed by atoms with E-state index in [9.17, 15) is 9.59 Å². The van der Waals surface area contributed by atoms with E-state index in [2.05, 4.69) is 24.7 Å². The molecule has 0 fully saturated rings. The third kappa shape index (κ3) is 4.84. The zero-order valence-corrected chi connectivity index (χ0v) is 13.9. The summed E-state index contributed by atoms with van der Waals surface area (Å²) in [5, 5.41) is 0. The van der Waals surface area contributed by atoms with Crippen molar-refractivity contribution in [2.24, 2.45) is 0 Å². The van der Waals surface area contributed by atoms with Gasteiger partial charge in [0.25, 0.3) is 11.8 Å². The molecule has 2 rings (SSSR count). The molecule has 2 aromatic carbocycles. The van der Waals surface area contributed by atoms with Crippen LogP contribution in [0.15, 0.2) is 54.6 Å². The highest BCUT2D eigenvalue weighted by Gasteiger charge is 2.12. The summed E-state index contributed by atoms with van der Waals surface area (Å²) in [4.78, 5) is 23.7. The second-order valence-corrected chi connectivity index (χ2v) is 5.50. The van der Waals surface area contributed by atoms with Crippen LogP contribution in [0.1, 0.15) is 42.1 Å². The van der Waals surface area contributed by atoms with Gasteiger partial charge in [0.1, 0.15) is 5.75 Å². The average Bonchev–Trinajstić information content (AvgIpc) is 2.64. The minimum atomic E-state index is -0.418. The lowest BCUT2D eigenvalue weighted by Gasteiger charge is -2.15. The number of carbonyl (C=O) groups excluding carboxylic acids is 2. The summed E-state index contributed by atoms with van der Waals surface area (Å²) in [6.45, 7) is 4.05. The standard InChI is InChI=1S/C19H22N2O3/c1-3-14(2)16-11-7-8-12-17(16)24-13-18(22)20-21-19(23)15-9-5-4-6-10-15/h4-12,14H,3,13H2,1-2H3,(H,20,22)(H,21,23). The number of hydrazine groups is 1. The largest absolute Gasteiger partial charge is 0.483 e. The van der Waals surface area contributed by atoms with E-state index in [1.54, 1.807) is 24.3 Å². The quantitative estimate of drug-likeness (QED) is 0.802. The summed E-state index contributed by atoms with van der Waals surface area (Å²) in [5.74, 6) is 0.251. The van der Waals surface area contributed by atoms with Gasteiger partial charge in [-0.2, -0.15) is 0 Å². The fourth-order valence-electron chi connectivity index (χ4n) is 2.21. The van der Waals surface area contributed by atoms with Crippen molar-refractivity contribution < 1.29 is 14.3 Å². The van der Waals surface area contributed by atoms with Crippen molar-refractivity contribution in [3.05, 3.63) is 65.7 Å². The van der Waals surface area contributed by atoms with Crippen molar-refractivity contribution >= 4 is 11.8 Å². The molecule has 0 radical (unpaired) electrons. The van der Waals surface area contributed by atoms with Crippen LogP contribution < -0.4 is 15.6 Å². The third-order valence-electron chi connectivity index (χ3n) is 3.77. The van der Waals surface area contributed by atoms with Gasteiger partial charge in [-0.1, -0.05) is 50.2 Å². The second-order valence-electron chi connectivity index (χ2n) is 5.50. The van der Waals surface area contributed by atoms with Crippen molar-refractivity contribution in [2.45, 2.75) is 26.2 Å². The smallest absolute Gasteiger partial charge is 0.276 e. The molecular formula is C19H22N2O3. The lowest BCUT2D eigenvalue weighted by atomic mass is 9.98. The molecule has 126 valence electrons. The molecular weight excluding hydrogens is 304 g/mol. The van der Waals surface area contributed by atoms with Gasteiger partial charge in [-0.25, -0.2) is 0 Å². The topological polar surface area (TPSA) is 67.4 Å². The Kier molecular flexibility index (Phi) is 6.37. The Bertz CT molecular complexity index is 686. The lowest BCUT2D eigenvalue weighted by molar-refractivity contribution is -0.123. The highest BCUT2D eigenvalue weighted by molar-refractivity contribution is 5.95. The number of amides is 2. The molecule has 0 spiro atoms. The van der Waals surface area contributed by atoms with Crippen LogP contribution in [0.2, 0.25) is 0 Å². The third-order valence-corrected chi connectivity index (χ3v) is 3.77. The highest BCUT2D eigenvalue weighted by atomic mass is 16.5.